The Labute approximate surface area is 160 Å². The van der Waals surface area contributed by atoms with Gasteiger partial charge in [-0.05, 0) is 38.5 Å². The van der Waals surface area contributed by atoms with Gasteiger partial charge >= 0.3 is 5.97 Å². The molecule has 27 heavy (non-hydrogen) atoms. The smallest absolute Gasteiger partial charge is 0.340 e. The second-order valence-electron chi connectivity index (χ2n) is 7.70. The van der Waals surface area contributed by atoms with E-state index in [0.29, 0.717) is 24.2 Å². The van der Waals surface area contributed by atoms with E-state index in [1.807, 2.05) is 38.1 Å². The van der Waals surface area contributed by atoms with Crippen molar-refractivity contribution in [2.75, 3.05) is 19.7 Å². The SMILES string of the molecule is CCOC(=O)C1=CN(C(=O)c2ccc(C)cc2)CC(C)(C)C2=C1C(C)=NC2. The first-order chi connectivity index (χ1) is 12.7. The highest BCUT2D eigenvalue weighted by molar-refractivity contribution is 6.14. The van der Waals surface area contributed by atoms with Crippen molar-refractivity contribution in [1.82, 2.24) is 4.90 Å². The third-order valence-electron chi connectivity index (χ3n) is 5.13. The van der Waals surface area contributed by atoms with Crippen molar-refractivity contribution in [1.29, 1.82) is 0 Å². The quantitative estimate of drug-likeness (QED) is 0.767. The highest BCUT2D eigenvalue weighted by Gasteiger charge is 2.39. The maximum absolute atomic E-state index is 13.2. The van der Waals surface area contributed by atoms with E-state index >= 15 is 0 Å². The summed E-state index contributed by atoms with van der Waals surface area (Å²) in [5.74, 6) is -0.540. The summed E-state index contributed by atoms with van der Waals surface area (Å²) in [7, 11) is 0. The Balaban J connectivity index is 2.08. The molecule has 0 unspecified atom stereocenters. The van der Waals surface area contributed by atoms with Crippen molar-refractivity contribution in [3.8, 4) is 0 Å². The summed E-state index contributed by atoms with van der Waals surface area (Å²) in [6.45, 7) is 11.2. The van der Waals surface area contributed by atoms with Crippen molar-refractivity contribution >= 4 is 17.6 Å². The second kappa shape index (κ2) is 7.14. The third kappa shape index (κ3) is 3.59. The van der Waals surface area contributed by atoms with E-state index in [0.717, 1.165) is 22.4 Å². The molecule has 1 amide bonds. The summed E-state index contributed by atoms with van der Waals surface area (Å²) >= 11 is 0. The fourth-order valence-electron chi connectivity index (χ4n) is 3.63. The van der Waals surface area contributed by atoms with Crippen LogP contribution in [0.3, 0.4) is 0 Å². The van der Waals surface area contributed by atoms with Crippen LogP contribution in [-0.2, 0) is 9.53 Å². The molecule has 0 radical (unpaired) electrons. The molecular formula is C22H26N2O3. The number of ether oxygens (including phenoxy) is 1. The average molecular weight is 366 g/mol. The van der Waals surface area contributed by atoms with Gasteiger partial charge in [-0.3, -0.25) is 9.79 Å². The maximum atomic E-state index is 13.2. The molecule has 5 heteroatoms. The minimum atomic E-state index is -0.416. The predicted molar refractivity (Wildman–Crippen MR) is 106 cm³/mol. The van der Waals surface area contributed by atoms with Gasteiger partial charge in [-0.15, -0.1) is 0 Å². The molecule has 2 aliphatic heterocycles. The van der Waals surface area contributed by atoms with Crippen molar-refractivity contribution in [3.05, 3.63) is 58.3 Å². The molecule has 0 atom stereocenters. The van der Waals surface area contributed by atoms with Gasteiger partial charge in [0, 0.05) is 35.0 Å². The van der Waals surface area contributed by atoms with Crippen LogP contribution in [0.5, 0.6) is 0 Å². The molecule has 3 rings (SSSR count). The molecule has 1 aromatic carbocycles. The molecule has 142 valence electrons. The van der Waals surface area contributed by atoms with Gasteiger partial charge in [-0.1, -0.05) is 31.5 Å². The monoisotopic (exact) mass is 366 g/mol. The predicted octanol–water partition coefficient (Wildman–Crippen LogP) is 3.70. The van der Waals surface area contributed by atoms with Crippen molar-refractivity contribution < 1.29 is 14.3 Å². The van der Waals surface area contributed by atoms with Crippen LogP contribution in [0.4, 0.5) is 0 Å². The third-order valence-corrected chi connectivity index (χ3v) is 5.13. The first-order valence-corrected chi connectivity index (χ1v) is 9.26. The molecule has 0 N–H and O–H groups in total. The minimum Gasteiger partial charge on any atom is -0.462 e. The fraction of sp³-hybridized carbons (Fsp3) is 0.409. The molecule has 0 fully saturated rings. The first-order valence-electron chi connectivity index (χ1n) is 9.26. The number of carbonyl (C=O) groups is 2. The standard InChI is InChI=1S/C22H26N2O3/c1-6-27-21(26)17-12-24(20(25)16-9-7-14(2)8-10-16)13-22(4,5)18-11-23-15(3)19(17)18/h7-10,12H,6,11,13H2,1-5H3. The Bertz CT molecular complexity index is 873. The van der Waals surface area contributed by atoms with E-state index in [9.17, 15) is 9.59 Å². The van der Waals surface area contributed by atoms with E-state index < -0.39 is 5.97 Å². The molecule has 1 aromatic rings. The number of aryl methyl sites for hydroxylation is 1. The molecule has 0 aliphatic carbocycles. The van der Waals surface area contributed by atoms with Crippen molar-refractivity contribution in [3.63, 3.8) is 0 Å². The lowest BCUT2D eigenvalue weighted by Crippen LogP contribution is -2.36. The van der Waals surface area contributed by atoms with Gasteiger partial charge in [0.15, 0.2) is 0 Å². The molecule has 0 aromatic heterocycles. The van der Waals surface area contributed by atoms with Crippen LogP contribution in [0.2, 0.25) is 0 Å². The summed E-state index contributed by atoms with van der Waals surface area (Å²) < 4.78 is 5.28. The van der Waals surface area contributed by atoms with E-state index in [4.69, 9.17) is 4.74 Å². The van der Waals surface area contributed by atoms with E-state index in [1.165, 1.54) is 0 Å². The van der Waals surface area contributed by atoms with Gasteiger partial charge in [0.2, 0.25) is 0 Å². The van der Waals surface area contributed by atoms with Crippen LogP contribution in [0.25, 0.3) is 0 Å². The summed E-state index contributed by atoms with van der Waals surface area (Å²) in [6.07, 6.45) is 1.65. The molecule has 0 saturated heterocycles. The minimum absolute atomic E-state index is 0.124. The zero-order valence-electron chi connectivity index (χ0n) is 16.6. The molecule has 2 heterocycles. The number of hydrogen-bond acceptors (Lipinski definition) is 4. The van der Waals surface area contributed by atoms with Crippen LogP contribution in [0.1, 0.15) is 43.6 Å². The molecule has 0 saturated carbocycles. The number of aliphatic imine (C=N–C) groups is 1. The topological polar surface area (TPSA) is 59.0 Å². The molecular weight excluding hydrogens is 340 g/mol. The number of esters is 1. The summed E-state index contributed by atoms with van der Waals surface area (Å²) in [4.78, 5) is 32.0. The zero-order chi connectivity index (χ0) is 19.8. The summed E-state index contributed by atoms with van der Waals surface area (Å²) in [5.41, 5.74) is 4.54. The Morgan fingerprint density at radius 2 is 1.85 bits per heavy atom. The van der Waals surface area contributed by atoms with E-state index in [2.05, 4.69) is 18.8 Å². The molecule has 0 bridgehead atoms. The lowest BCUT2D eigenvalue weighted by Gasteiger charge is -2.30. The average Bonchev–Trinajstić information content (AvgIpc) is 2.95. The number of benzene rings is 1. The number of nitrogens with zero attached hydrogens (tertiary/aromatic N) is 2. The second-order valence-corrected chi connectivity index (χ2v) is 7.70. The van der Waals surface area contributed by atoms with Gasteiger partial charge in [-0.25, -0.2) is 4.79 Å². The van der Waals surface area contributed by atoms with Gasteiger partial charge in [0.05, 0.1) is 18.7 Å². The number of amides is 1. The molecule has 5 nitrogen and oxygen atoms in total. The lowest BCUT2D eigenvalue weighted by molar-refractivity contribution is -0.138. The van der Waals surface area contributed by atoms with Gasteiger partial charge in [0.25, 0.3) is 5.91 Å². The van der Waals surface area contributed by atoms with Crippen molar-refractivity contribution in [2.45, 2.75) is 34.6 Å². The Kier molecular flexibility index (Phi) is 5.05. The molecule has 2 aliphatic rings. The number of carbonyl (C=O) groups excluding carboxylic acids is 2. The molecule has 0 spiro atoms. The van der Waals surface area contributed by atoms with Gasteiger partial charge < -0.3 is 9.64 Å². The van der Waals surface area contributed by atoms with Gasteiger partial charge in [0.1, 0.15) is 0 Å². The fourth-order valence-corrected chi connectivity index (χ4v) is 3.63. The van der Waals surface area contributed by atoms with E-state index in [1.54, 1.807) is 18.0 Å². The highest BCUT2D eigenvalue weighted by Crippen LogP contribution is 2.39. The number of hydrogen-bond donors (Lipinski definition) is 0. The van der Waals surface area contributed by atoms with Crippen LogP contribution < -0.4 is 0 Å². The summed E-state index contributed by atoms with van der Waals surface area (Å²) in [5, 5.41) is 0. The summed E-state index contributed by atoms with van der Waals surface area (Å²) in [6, 6.07) is 7.48. The highest BCUT2D eigenvalue weighted by atomic mass is 16.5. The van der Waals surface area contributed by atoms with Gasteiger partial charge in [-0.2, -0.15) is 0 Å². The Morgan fingerprint density at radius 1 is 1.19 bits per heavy atom. The van der Waals surface area contributed by atoms with Crippen LogP contribution >= 0.6 is 0 Å². The Hall–Kier alpha value is -2.69. The van der Waals surface area contributed by atoms with E-state index in [-0.39, 0.29) is 17.9 Å². The van der Waals surface area contributed by atoms with Crippen LogP contribution in [-0.4, -0.2) is 42.2 Å². The largest absolute Gasteiger partial charge is 0.462 e. The maximum Gasteiger partial charge on any atom is 0.340 e. The normalized spacial score (nSPS) is 18.5. The zero-order valence-corrected chi connectivity index (χ0v) is 16.6. The van der Waals surface area contributed by atoms with Crippen molar-refractivity contribution in [2.24, 2.45) is 10.4 Å². The first kappa shape index (κ1) is 19.1. The number of rotatable bonds is 3. The van der Waals surface area contributed by atoms with Crippen LogP contribution in [0.15, 0.2) is 52.2 Å². The Morgan fingerprint density at radius 3 is 2.48 bits per heavy atom. The lowest BCUT2D eigenvalue weighted by atomic mass is 9.80. The van der Waals surface area contributed by atoms with Crippen LogP contribution in [0, 0.1) is 12.3 Å².